The van der Waals surface area contributed by atoms with Gasteiger partial charge < -0.3 is 4.74 Å². The lowest BCUT2D eigenvalue weighted by Gasteiger charge is -2.09. The second-order valence-corrected chi connectivity index (χ2v) is 7.67. The van der Waals surface area contributed by atoms with Crippen molar-refractivity contribution in [2.24, 2.45) is 0 Å². The molecule has 0 saturated carbocycles. The fourth-order valence-electron chi connectivity index (χ4n) is 3.81. The molecule has 0 amide bonds. The molecule has 6 nitrogen and oxygen atoms in total. The van der Waals surface area contributed by atoms with Crippen LogP contribution in [0.3, 0.4) is 0 Å². The summed E-state index contributed by atoms with van der Waals surface area (Å²) in [5, 5.41) is 15.6. The van der Waals surface area contributed by atoms with Gasteiger partial charge in [0.1, 0.15) is 12.4 Å². The molecule has 0 unspecified atom stereocenters. The van der Waals surface area contributed by atoms with E-state index >= 15 is 0 Å². The standard InChI is InChI=1S/C26H23N5O/c1-3-10-24(26-28-30-31-29-26)20(7-1)9-5-6-19-12-16-23(17-13-19)32-18-22-15-14-21-8-2-4-11-25(21)27-22/h1-4,7-8,10-17H,5-6,9,18H2,(H,28,29,30,31). The third-order valence-corrected chi connectivity index (χ3v) is 5.48. The van der Waals surface area contributed by atoms with Gasteiger partial charge in [0.05, 0.1) is 11.2 Å². The van der Waals surface area contributed by atoms with Crippen LogP contribution in [0.25, 0.3) is 22.3 Å². The number of benzene rings is 3. The molecule has 158 valence electrons. The Hall–Kier alpha value is -4.06. The number of tetrazole rings is 1. The molecule has 0 aliphatic rings. The van der Waals surface area contributed by atoms with Crippen LogP contribution in [-0.2, 0) is 19.4 Å². The predicted molar refractivity (Wildman–Crippen MR) is 124 cm³/mol. The zero-order valence-corrected chi connectivity index (χ0v) is 17.6. The van der Waals surface area contributed by atoms with Crippen molar-refractivity contribution in [1.82, 2.24) is 25.6 Å². The van der Waals surface area contributed by atoms with Crippen LogP contribution in [0.1, 0.15) is 23.2 Å². The van der Waals surface area contributed by atoms with Crippen LogP contribution in [0.15, 0.2) is 84.9 Å². The SMILES string of the molecule is c1ccc(-c2nn[nH]n2)c(CCCc2ccc(OCc3ccc4ccccc4n3)cc2)c1. The normalized spacial score (nSPS) is 11.0. The van der Waals surface area contributed by atoms with E-state index < -0.39 is 0 Å². The van der Waals surface area contributed by atoms with Crippen LogP contribution in [0.4, 0.5) is 0 Å². The summed E-state index contributed by atoms with van der Waals surface area (Å²) in [5.41, 5.74) is 5.47. The van der Waals surface area contributed by atoms with Crippen molar-refractivity contribution >= 4 is 10.9 Å². The Morgan fingerprint density at radius 2 is 1.62 bits per heavy atom. The molecule has 0 aliphatic heterocycles. The van der Waals surface area contributed by atoms with Crippen molar-refractivity contribution in [3.05, 3.63) is 102 Å². The largest absolute Gasteiger partial charge is 0.487 e. The van der Waals surface area contributed by atoms with E-state index in [4.69, 9.17) is 4.74 Å². The third kappa shape index (κ3) is 4.64. The minimum absolute atomic E-state index is 0.455. The van der Waals surface area contributed by atoms with Gasteiger partial charge in [-0.2, -0.15) is 5.21 Å². The van der Waals surface area contributed by atoms with Gasteiger partial charge in [-0.25, -0.2) is 4.98 Å². The molecule has 5 aromatic rings. The monoisotopic (exact) mass is 421 g/mol. The highest BCUT2D eigenvalue weighted by Crippen LogP contribution is 2.22. The Bertz CT molecular complexity index is 1300. The summed E-state index contributed by atoms with van der Waals surface area (Å²) in [6.07, 6.45) is 2.99. The number of ether oxygens (including phenoxy) is 1. The molecular weight excluding hydrogens is 398 g/mol. The fourth-order valence-corrected chi connectivity index (χ4v) is 3.81. The highest BCUT2D eigenvalue weighted by atomic mass is 16.5. The van der Waals surface area contributed by atoms with Gasteiger partial charge in [-0.3, -0.25) is 0 Å². The van der Waals surface area contributed by atoms with Gasteiger partial charge in [0.25, 0.3) is 0 Å². The molecule has 2 heterocycles. The first-order chi connectivity index (χ1) is 15.8. The van der Waals surface area contributed by atoms with Gasteiger partial charge in [0.15, 0.2) is 0 Å². The number of pyridine rings is 1. The summed E-state index contributed by atoms with van der Waals surface area (Å²) >= 11 is 0. The summed E-state index contributed by atoms with van der Waals surface area (Å²) in [6, 6.07) is 28.8. The maximum Gasteiger partial charge on any atom is 0.204 e. The third-order valence-electron chi connectivity index (χ3n) is 5.48. The van der Waals surface area contributed by atoms with Crippen LogP contribution >= 0.6 is 0 Å². The number of nitrogens with zero attached hydrogens (tertiary/aromatic N) is 4. The Balaban J connectivity index is 1.15. The molecule has 32 heavy (non-hydrogen) atoms. The average molecular weight is 422 g/mol. The summed E-state index contributed by atoms with van der Waals surface area (Å²) in [7, 11) is 0. The van der Waals surface area contributed by atoms with Crippen molar-refractivity contribution in [3.8, 4) is 17.1 Å². The molecule has 0 fully saturated rings. The molecule has 1 N–H and O–H groups in total. The molecular formula is C26H23N5O. The first kappa shape index (κ1) is 19.9. The van der Waals surface area contributed by atoms with Gasteiger partial charge in [-0.15, -0.1) is 10.2 Å². The minimum Gasteiger partial charge on any atom is -0.487 e. The van der Waals surface area contributed by atoms with E-state index in [1.54, 1.807) is 0 Å². The topological polar surface area (TPSA) is 76.6 Å². The fraction of sp³-hybridized carbons (Fsp3) is 0.154. The second-order valence-electron chi connectivity index (χ2n) is 7.67. The van der Waals surface area contributed by atoms with Gasteiger partial charge in [0.2, 0.25) is 5.82 Å². The Kier molecular flexibility index (Phi) is 5.83. The Labute approximate surface area is 186 Å². The van der Waals surface area contributed by atoms with Gasteiger partial charge in [-0.05, 0) is 59.9 Å². The van der Waals surface area contributed by atoms with Gasteiger partial charge >= 0.3 is 0 Å². The smallest absolute Gasteiger partial charge is 0.204 e. The van der Waals surface area contributed by atoms with Gasteiger partial charge in [-0.1, -0.05) is 60.7 Å². The number of H-pyrrole nitrogens is 1. The summed E-state index contributed by atoms with van der Waals surface area (Å²) in [5.74, 6) is 1.49. The number of nitrogens with one attached hydrogen (secondary N) is 1. The molecule has 3 aromatic carbocycles. The predicted octanol–water partition coefficient (Wildman–Crippen LogP) is 5.17. The van der Waals surface area contributed by atoms with Crippen molar-refractivity contribution in [2.45, 2.75) is 25.9 Å². The van der Waals surface area contributed by atoms with E-state index in [0.717, 1.165) is 47.2 Å². The van der Waals surface area contributed by atoms with Crippen LogP contribution in [0, 0.1) is 0 Å². The van der Waals surface area contributed by atoms with Crippen LogP contribution in [0.2, 0.25) is 0 Å². The average Bonchev–Trinajstić information content (AvgIpc) is 3.39. The molecule has 0 radical (unpaired) electrons. The molecule has 5 rings (SSSR count). The van der Waals surface area contributed by atoms with E-state index in [0.29, 0.717) is 12.4 Å². The number of rotatable bonds is 8. The van der Waals surface area contributed by atoms with Crippen molar-refractivity contribution in [3.63, 3.8) is 0 Å². The lowest BCUT2D eigenvalue weighted by molar-refractivity contribution is 0.301. The van der Waals surface area contributed by atoms with Gasteiger partial charge in [0, 0.05) is 10.9 Å². The second kappa shape index (κ2) is 9.39. The molecule has 0 aliphatic carbocycles. The molecule has 0 saturated heterocycles. The van der Waals surface area contributed by atoms with Crippen LogP contribution in [0.5, 0.6) is 5.75 Å². The van der Waals surface area contributed by atoms with E-state index in [1.165, 1.54) is 11.1 Å². The summed E-state index contributed by atoms with van der Waals surface area (Å²) in [4.78, 5) is 4.66. The Morgan fingerprint density at radius 1 is 0.781 bits per heavy atom. The number of hydrogen-bond acceptors (Lipinski definition) is 5. The summed E-state index contributed by atoms with van der Waals surface area (Å²) in [6.45, 7) is 0.455. The van der Waals surface area contributed by atoms with Crippen molar-refractivity contribution in [1.29, 1.82) is 0 Å². The lowest BCUT2D eigenvalue weighted by Crippen LogP contribution is -1.99. The zero-order valence-electron chi connectivity index (χ0n) is 17.6. The van der Waals surface area contributed by atoms with E-state index in [2.05, 4.69) is 62.0 Å². The molecule has 0 spiro atoms. The molecule has 2 aromatic heterocycles. The van der Waals surface area contributed by atoms with E-state index in [-0.39, 0.29) is 0 Å². The zero-order chi connectivity index (χ0) is 21.6. The van der Waals surface area contributed by atoms with E-state index in [1.807, 2.05) is 48.5 Å². The number of aromatic nitrogens is 5. The highest BCUT2D eigenvalue weighted by molar-refractivity contribution is 5.78. The molecule has 0 atom stereocenters. The Morgan fingerprint density at radius 3 is 2.50 bits per heavy atom. The van der Waals surface area contributed by atoms with Crippen molar-refractivity contribution in [2.75, 3.05) is 0 Å². The number of aryl methyl sites for hydroxylation is 2. The maximum atomic E-state index is 5.94. The highest BCUT2D eigenvalue weighted by Gasteiger charge is 2.08. The number of para-hydroxylation sites is 1. The number of fused-ring (bicyclic) bond motifs is 1. The quantitative estimate of drug-likeness (QED) is 0.374. The first-order valence-corrected chi connectivity index (χ1v) is 10.7. The number of hydrogen-bond donors (Lipinski definition) is 1. The number of aromatic amines is 1. The van der Waals surface area contributed by atoms with E-state index in [9.17, 15) is 0 Å². The van der Waals surface area contributed by atoms with Crippen LogP contribution < -0.4 is 4.74 Å². The maximum absolute atomic E-state index is 5.94. The first-order valence-electron chi connectivity index (χ1n) is 10.7. The van der Waals surface area contributed by atoms with Crippen molar-refractivity contribution < 1.29 is 4.74 Å². The lowest BCUT2D eigenvalue weighted by atomic mass is 9.99. The summed E-state index contributed by atoms with van der Waals surface area (Å²) < 4.78 is 5.94. The molecule has 6 heteroatoms. The minimum atomic E-state index is 0.455. The van der Waals surface area contributed by atoms with Crippen LogP contribution in [-0.4, -0.2) is 25.6 Å². The molecule has 0 bridgehead atoms.